The van der Waals surface area contributed by atoms with Crippen LogP contribution < -0.4 is 0 Å². The van der Waals surface area contributed by atoms with Crippen molar-refractivity contribution in [3.63, 3.8) is 0 Å². The van der Waals surface area contributed by atoms with Gasteiger partial charge in [-0.15, -0.1) is 10.2 Å². The Balaban J connectivity index is 1.69. The lowest BCUT2D eigenvalue weighted by Gasteiger charge is -2.13. The van der Waals surface area contributed by atoms with Crippen molar-refractivity contribution in [3.05, 3.63) is 40.7 Å². The van der Waals surface area contributed by atoms with Crippen LogP contribution in [0.3, 0.4) is 0 Å². The highest BCUT2D eigenvalue weighted by Crippen LogP contribution is 2.27. The zero-order valence-electron chi connectivity index (χ0n) is 12.0. The monoisotopic (exact) mass is 323 g/mol. The van der Waals surface area contributed by atoms with Gasteiger partial charge in [0.15, 0.2) is 5.16 Å². The predicted molar refractivity (Wildman–Crippen MR) is 84.7 cm³/mol. The molecule has 2 heterocycles. The molecule has 0 aliphatic carbocycles. The highest BCUT2D eigenvalue weighted by atomic mass is 35.5. The van der Waals surface area contributed by atoms with Crippen LogP contribution in [0.2, 0.25) is 5.02 Å². The molecule has 1 saturated heterocycles. The maximum absolute atomic E-state index is 6.20. The van der Waals surface area contributed by atoms with Gasteiger partial charge in [0.05, 0.1) is 12.6 Å². The average molecular weight is 324 g/mol. The largest absolute Gasteiger partial charge is 0.376 e. The van der Waals surface area contributed by atoms with Crippen LogP contribution in [-0.4, -0.2) is 27.5 Å². The second kappa shape index (κ2) is 6.81. The fourth-order valence-electron chi connectivity index (χ4n) is 2.43. The maximum atomic E-state index is 6.20. The molecular formula is C15H18ClN3OS. The quantitative estimate of drug-likeness (QED) is 0.786. The van der Waals surface area contributed by atoms with Gasteiger partial charge in [0.25, 0.3) is 0 Å². The number of hydrogen-bond acceptors (Lipinski definition) is 4. The Bertz CT molecular complexity index is 611. The minimum Gasteiger partial charge on any atom is -0.376 e. The lowest BCUT2D eigenvalue weighted by Crippen LogP contribution is -2.16. The Morgan fingerprint density at radius 1 is 1.38 bits per heavy atom. The molecule has 1 aromatic carbocycles. The first-order valence-corrected chi connectivity index (χ1v) is 8.48. The minimum atomic E-state index is 0.291. The standard InChI is InChI=1S/C15H18ClN3OS/c1-11-17-18-15(19(11)9-13-6-4-8-20-13)21-10-12-5-2-3-7-14(12)16/h2-3,5,7,13H,4,6,8-10H2,1H3/t13-/m0/s1. The van der Waals surface area contributed by atoms with Crippen molar-refractivity contribution < 1.29 is 4.74 Å². The third-order valence-corrected chi connectivity index (χ3v) is 5.01. The number of aryl methyl sites for hydroxylation is 1. The summed E-state index contributed by atoms with van der Waals surface area (Å²) in [6.07, 6.45) is 2.56. The van der Waals surface area contributed by atoms with Crippen molar-refractivity contribution >= 4 is 23.4 Å². The van der Waals surface area contributed by atoms with Gasteiger partial charge in [0, 0.05) is 17.4 Å². The molecular weight excluding hydrogens is 306 g/mol. The van der Waals surface area contributed by atoms with Gasteiger partial charge in [-0.05, 0) is 31.4 Å². The Kier molecular flexibility index (Phi) is 4.83. The van der Waals surface area contributed by atoms with Crippen LogP contribution >= 0.6 is 23.4 Å². The summed E-state index contributed by atoms with van der Waals surface area (Å²) >= 11 is 7.86. The molecule has 1 aliphatic heterocycles. The molecule has 112 valence electrons. The van der Waals surface area contributed by atoms with Gasteiger partial charge >= 0.3 is 0 Å². The smallest absolute Gasteiger partial charge is 0.191 e. The summed E-state index contributed by atoms with van der Waals surface area (Å²) in [6, 6.07) is 7.91. The lowest BCUT2D eigenvalue weighted by molar-refractivity contribution is 0.0944. The number of aromatic nitrogens is 3. The number of thioether (sulfide) groups is 1. The van der Waals surface area contributed by atoms with Crippen molar-refractivity contribution in [2.45, 2.75) is 43.3 Å². The number of rotatable bonds is 5. The van der Waals surface area contributed by atoms with Gasteiger partial charge in [0.1, 0.15) is 5.82 Å². The molecule has 1 atom stereocenters. The van der Waals surface area contributed by atoms with Gasteiger partial charge in [-0.3, -0.25) is 0 Å². The van der Waals surface area contributed by atoms with Gasteiger partial charge in [-0.25, -0.2) is 0 Å². The van der Waals surface area contributed by atoms with E-state index in [1.165, 1.54) is 0 Å². The molecule has 21 heavy (non-hydrogen) atoms. The van der Waals surface area contributed by atoms with Crippen LogP contribution in [-0.2, 0) is 17.0 Å². The van der Waals surface area contributed by atoms with Crippen molar-refractivity contribution in [1.29, 1.82) is 0 Å². The topological polar surface area (TPSA) is 39.9 Å². The fourth-order valence-corrected chi connectivity index (χ4v) is 3.71. The summed E-state index contributed by atoms with van der Waals surface area (Å²) < 4.78 is 7.86. The summed E-state index contributed by atoms with van der Waals surface area (Å²) in [5, 5.41) is 10.2. The van der Waals surface area contributed by atoms with E-state index >= 15 is 0 Å². The zero-order chi connectivity index (χ0) is 14.7. The SMILES string of the molecule is Cc1nnc(SCc2ccccc2Cl)n1C[C@@H]1CCCO1. The fraction of sp³-hybridized carbons (Fsp3) is 0.467. The van der Waals surface area contributed by atoms with E-state index in [1.54, 1.807) is 11.8 Å². The average Bonchev–Trinajstić information content (AvgIpc) is 3.11. The molecule has 4 nitrogen and oxygen atoms in total. The molecule has 0 spiro atoms. The van der Waals surface area contributed by atoms with Crippen LogP contribution in [0.4, 0.5) is 0 Å². The predicted octanol–water partition coefficient (Wildman–Crippen LogP) is 3.71. The number of ether oxygens (including phenoxy) is 1. The zero-order valence-corrected chi connectivity index (χ0v) is 13.5. The van der Waals surface area contributed by atoms with E-state index in [2.05, 4.69) is 14.8 Å². The Labute approximate surface area is 133 Å². The maximum Gasteiger partial charge on any atom is 0.191 e. The molecule has 0 bridgehead atoms. The van der Waals surface area contributed by atoms with Crippen LogP contribution in [0, 0.1) is 6.92 Å². The van der Waals surface area contributed by atoms with Crippen LogP contribution in [0.5, 0.6) is 0 Å². The van der Waals surface area contributed by atoms with Crippen LogP contribution in [0.25, 0.3) is 0 Å². The molecule has 0 radical (unpaired) electrons. The first kappa shape index (κ1) is 14.9. The van der Waals surface area contributed by atoms with Gasteiger partial charge in [0.2, 0.25) is 0 Å². The Morgan fingerprint density at radius 2 is 2.24 bits per heavy atom. The van der Waals surface area contributed by atoms with Crippen LogP contribution in [0.15, 0.2) is 29.4 Å². The Hall–Kier alpha value is -1.04. The number of benzene rings is 1. The first-order chi connectivity index (χ1) is 10.2. The number of halogens is 1. The van der Waals surface area contributed by atoms with Crippen molar-refractivity contribution in [3.8, 4) is 0 Å². The normalized spacial score (nSPS) is 18.3. The van der Waals surface area contributed by atoms with Gasteiger partial charge in [-0.1, -0.05) is 41.6 Å². The molecule has 0 amide bonds. The van der Waals surface area contributed by atoms with E-state index < -0.39 is 0 Å². The van der Waals surface area contributed by atoms with Gasteiger partial charge < -0.3 is 9.30 Å². The van der Waals surface area contributed by atoms with E-state index in [1.807, 2.05) is 31.2 Å². The van der Waals surface area contributed by atoms with E-state index in [-0.39, 0.29) is 0 Å². The van der Waals surface area contributed by atoms with Crippen molar-refractivity contribution in [2.75, 3.05) is 6.61 Å². The summed E-state index contributed by atoms with van der Waals surface area (Å²) in [6.45, 7) is 3.69. The molecule has 1 aliphatic rings. The minimum absolute atomic E-state index is 0.291. The molecule has 2 aromatic rings. The van der Waals surface area contributed by atoms with E-state index in [0.717, 1.165) is 53.3 Å². The summed E-state index contributed by atoms with van der Waals surface area (Å²) in [5.41, 5.74) is 1.12. The molecule has 3 rings (SSSR count). The number of nitrogens with zero attached hydrogens (tertiary/aromatic N) is 3. The van der Waals surface area contributed by atoms with Crippen molar-refractivity contribution in [1.82, 2.24) is 14.8 Å². The molecule has 1 fully saturated rings. The molecule has 0 N–H and O–H groups in total. The van der Waals surface area contributed by atoms with Gasteiger partial charge in [-0.2, -0.15) is 0 Å². The second-order valence-corrected chi connectivity index (χ2v) is 6.51. The third kappa shape index (κ3) is 3.59. The number of hydrogen-bond donors (Lipinski definition) is 0. The summed E-state index contributed by atoms with van der Waals surface area (Å²) in [5.74, 6) is 1.73. The molecule has 6 heteroatoms. The van der Waals surface area contributed by atoms with Crippen molar-refractivity contribution in [2.24, 2.45) is 0 Å². The first-order valence-electron chi connectivity index (χ1n) is 7.11. The third-order valence-electron chi connectivity index (χ3n) is 3.63. The lowest BCUT2D eigenvalue weighted by atomic mass is 10.2. The second-order valence-electron chi connectivity index (χ2n) is 5.16. The van der Waals surface area contributed by atoms with E-state index in [0.29, 0.717) is 6.10 Å². The van der Waals surface area contributed by atoms with E-state index in [4.69, 9.17) is 16.3 Å². The molecule has 1 aromatic heterocycles. The summed E-state index contributed by atoms with van der Waals surface area (Å²) in [4.78, 5) is 0. The molecule has 0 unspecified atom stereocenters. The highest BCUT2D eigenvalue weighted by Gasteiger charge is 2.19. The highest BCUT2D eigenvalue weighted by molar-refractivity contribution is 7.98. The summed E-state index contributed by atoms with van der Waals surface area (Å²) in [7, 11) is 0. The van der Waals surface area contributed by atoms with E-state index in [9.17, 15) is 0 Å². The Morgan fingerprint density at radius 3 is 3.00 bits per heavy atom. The molecule has 0 saturated carbocycles. The van der Waals surface area contributed by atoms with Crippen LogP contribution in [0.1, 0.15) is 24.2 Å².